The Morgan fingerprint density at radius 3 is 1.78 bits per heavy atom. The van der Waals surface area contributed by atoms with Gasteiger partial charge in [-0.3, -0.25) is 0 Å². The molecule has 5 unspecified atom stereocenters. The molecular weight excluding hydrogens is 328 g/mol. The van der Waals surface area contributed by atoms with E-state index in [9.17, 15) is 0 Å². The monoisotopic (exact) mass is 352 g/mol. The van der Waals surface area contributed by atoms with Crippen LogP contribution in [0.1, 0.15) is 0 Å². The predicted octanol–water partition coefficient (Wildman–Crippen LogP) is 0.225. The third-order valence-corrected chi connectivity index (χ3v) is 3.97. The zero-order valence-electron chi connectivity index (χ0n) is 13.2. The lowest BCUT2D eigenvalue weighted by molar-refractivity contribution is -0.0816. The molecule has 23 heavy (non-hydrogen) atoms. The molecular formula is C15H25ClO7. The first-order valence-electron chi connectivity index (χ1n) is 8.13. The molecule has 3 fully saturated rings. The van der Waals surface area contributed by atoms with Gasteiger partial charge in [-0.15, -0.1) is 11.6 Å². The molecule has 3 heterocycles. The van der Waals surface area contributed by atoms with Gasteiger partial charge in [0.05, 0.1) is 71.4 Å². The molecule has 3 rings (SSSR count). The maximum Gasteiger partial charge on any atom is 0.104 e. The smallest absolute Gasteiger partial charge is 0.104 e. The van der Waals surface area contributed by atoms with Gasteiger partial charge in [-0.05, 0) is 0 Å². The first kappa shape index (κ1) is 17.8. The van der Waals surface area contributed by atoms with Gasteiger partial charge in [0.2, 0.25) is 0 Å². The Kier molecular flexibility index (Phi) is 7.35. The van der Waals surface area contributed by atoms with Crippen LogP contribution in [-0.4, -0.2) is 95.9 Å². The van der Waals surface area contributed by atoms with Crippen LogP contribution in [0.4, 0.5) is 0 Å². The van der Waals surface area contributed by atoms with Gasteiger partial charge in [0.1, 0.15) is 24.4 Å². The van der Waals surface area contributed by atoms with E-state index < -0.39 is 0 Å². The van der Waals surface area contributed by atoms with Crippen LogP contribution in [0.25, 0.3) is 0 Å². The Bertz CT molecular complexity index is 334. The summed E-state index contributed by atoms with van der Waals surface area (Å²) in [6.45, 7) is 5.44. The largest absolute Gasteiger partial charge is 0.376 e. The molecule has 0 spiro atoms. The molecule has 0 saturated carbocycles. The van der Waals surface area contributed by atoms with E-state index in [2.05, 4.69) is 0 Å². The summed E-state index contributed by atoms with van der Waals surface area (Å²) < 4.78 is 38.1. The highest BCUT2D eigenvalue weighted by atomic mass is 35.5. The number of halogens is 1. The van der Waals surface area contributed by atoms with Gasteiger partial charge in [0.25, 0.3) is 0 Å². The fourth-order valence-corrected chi connectivity index (χ4v) is 2.10. The summed E-state index contributed by atoms with van der Waals surface area (Å²) in [5.74, 6) is 0.393. The third kappa shape index (κ3) is 8.09. The van der Waals surface area contributed by atoms with Crippen molar-refractivity contribution in [2.45, 2.75) is 30.5 Å². The van der Waals surface area contributed by atoms with E-state index in [4.69, 9.17) is 44.8 Å². The average Bonchev–Trinajstić information content (AvgIpc) is 3.37. The van der Waals surface area contributed by atoms with E-state index in [-0.39, 0.29) is 30.5 Å². The molecule has 0 amide bonds. The van der Waals surface area contributed by atoms with Gasteiger partial charge in [-0.2, -0.15) is 0 Å². The molecule has 5 atom stereocenters. The number of hydrogen-bond acceptors (Lipinski definition) is 7. The zero-order chi connectivity index (χ0) is 15.9. The molecule has 0 bridgehead atoms. The zero-order valence-corrected chi connectivity index (χ0v) is 13.9. The molecule has 3 saturated heterocycles. The lowest BCUT2D eigenvalue weighted by Crippen LogP contribution is -2.31. The molecule has 3 aliphatic heterocycles. The second-order valence-electron chi connectivity index (χ2n) is 6.01. The highest BCUT2D eigenvalue weighted by Gasteiger charge is 2.27. The van der Waals surface area contributed by atoms with Gasteiger partial charge in [-0.1, -0.05) is 0 Å². The van der Waals surface area contributed by atoms with Crippen LogP contribution in [0.15, 0.2) is 0 Å². The fraction of sp³-hybridized carbons (Fsp3) is 1.00. The molecule has 3 aliphatic rings. The number of ether oxygens (including phenoxy) is 7. The van der Waals surface area contributed by atoms with Crippen molar-refractivity contribution < 1.29 is 33.2 Å². The summed E-state index contributed by atoms with van der Waals surface area (Å²) in [7, 11) is 0. The molecule has 0 aromatic rings. The predicted molar refractivity (Wildman–Crippen MR) is 81.1 cm³/mol. The number of epoxide rings is 3. The van der Waals surface area contributed by atoms with Crippen LogP contribution in [-0.2, 0) is 33.2 Å². The van der Waals surface area contributed by atoms with E-state index in [1.54, 1.807) is 0 Å². The van der Waals surface area contributed by atoms with Crippen molar-refractivity contribution in [1.82, 2.24) is 0 Å². The Balaban J connectivity index is 1.27. The quantitative estimate of drug-likeness (QED) is 0.308. The van der Waals surface area contributed by atoms with Crippen LogP contribution >= 0.6 is 11.6 Å². The molecule has 0 aliphatic carbocycles. The summed E-state index contributed by atoms with van der Waals surface area (Å²) in [5, 5.41) is 0. The van der Waals surface area contributed by atoms with E-state index in [0.29, 0.717) is 45.5 Å². The minimum Gasteiger partial charge on any atom is -0.376 e. The van der Waals surface area contributed by atoms with Crippen molar-refractivity contribution in [2.75, 3.05) is 65.3 Å². The van der Waals surface area contributed by atoms with Gasteiger partial charge >= 0.3 is 0 Å². The van der Waals surface area contributed by atoms with Crippen LogP contribution in [0.5, 0.6) is 0 Å². The molecule has 134 valence electrons. The SMILES string of the molecule is ClCC(COCC(COCC1CO1)OCC1CO1)OCC1CO1. The lowest BCUT2D eigenvalue weighted by atomic mass is 10.3. The molecule has 0 aromatic heterocycles. The van der Waals surface area contributed by atoms with E-state index in [0.717, 1.165) is 19.8 Å². The van der Waals surface area contributed by atoms with Crippen molar-refractivity contribution in [1.29, 1.82) is 0 Å². The Labute approximate surface area is 141 Å². The fourth-order valence-electron chi connectivity index (χ4n) is 1.92. The maximum atomic E-state index is 5.89. The van der Waals surface area contributed by atoms with Crippen molar-refractivity contribution in [3.8, 4) is 0 Å². The number of alkyl halides is 1. The number of hydrogen-bond donors (Lipinski definition) is 0. The average molecular weight is 353 g/mol. The minimum absolute atomic E-state index is 0.124. The molecule has 8 heteroatoms. The van der Waals surface area contributed by atoms with Crippen molar-refractivity contribution in [3.63, 3.8) is 0 Å². The minimum atomic E-state index is -0.130. The summed E-state index contributed by atoms with van der Waals surface area (Å²) in [5.41, 5.74) is 0. The van der Waals surface area contributed by atoms with Gasteiger partial charge in [0, 0.05) is 0 Å². The van der Waals surface area contributed by atoms with Gasteiger partial charge in [-0.25, -0.2) is 0 Å². The Morgan fingerprint density at radius 1 is 0.739 bits per heavy atom. The van der Waals surface area contributed by atoms with E-state index in [1.165, 1.54) is 0 Å². The second kappa shape index (κ2) is 9.48. The number of rotatable bonds is 15. The second-order valence-corrected chi connectivity index (χ2v) is 6.31. The third-order valence-electron chi connectivity index (χ3n) is 3.63. The molecule has 7 nitrogen and oxygen atoms in total. The summed E-state index contributed by atoms with van der Waals surface area (Å²) in [6.07, 6.45) is 0.451. The first-order chi connectivity index (χ1) is 11.3. The first-order valence-corrected chi connectivity index (χ1v) is 8.66. The van der Waals surface area contributed by atoms with Crippen LogP contribution in [0.2, 0.25) is 0 Å². The van der Waals surface area contributed by atoms with Crippen LogP contribution in [0, 0.1) is 0 Å². The summed E-state index contributed by atoms with van der Waals surface area (Å²) >= 11 is 5.89. The normalized spacial score (nSPS) is 30.9. The van der Waals surface area contributed by atoms with Crippen LogP contribution < -0.4 is 0 Å². The van der Waals surface area contributed by atoms with E-state index in [1.807, 2.05) is 0 Å². The van der Waals surface area contributed by atoms with E-state index >= 15 is 0 Å². The van der Waals surface area contributed by atoms with Crippen molar-refractivity contribution >= 4 is 11.6 Å². The van der Waals surface area contributed by atoms with Crippen molar-refractivity contribution in [2.24, 2.45) is 0 Å². The van der Waals surface area contributed by atoms with Gasteiger partial charge in [0.15, 0.2) is 0 Å². The Hall–Kier alpha value is 0.01000. The summed E-state index contributed by atoms with van der Waals surface area (Å²) in [4.78, 5) is 0. The Morgan fingerprint density at radius 2 is 1.22 bits per heavy atom. The topological polar surface area (TPSA) is 74.5 Å². The van der Waals surface area contributed by atoms with Crippen molar-refractivity contribution in [3.05, 3.63) is 0 Å². The maximum absolute atomic E-state index is 5.89. The molecule has 0 N–H and O–H groups in total. The molecule has 0 aromatic carbocycles. The lowest BCUT2D eigenvalue weighted by Gasteiger charge is -2.20. The van der Waals surface area contributed by atoms with Gasteiger partial charge < -0.3 is 33.2 Å². The highest BCUT2D eigenvalue weighted by molar-refractivity contribution is 6.18. The van der Waals surface area contributed by atoms with Crippen LogP contribution in [0.3, 0.4) is 0 Å². The molecule has 0 radical (unpaired) electrons. The standard InChI is InChI=1S/C15H25ClO7/c16-1-11(19-7-14-9-22-14)2-17-3-12(20-8-15-10-23-15)4-18-5-13-6-21-13/h11-15H,1-10H2. The highest BCUT2D eigenvalue weighted by Crippen LogP contribution is 2.13. The summed E-state index contributed by atoms with van der Waals surface area (Å²) in [6, 6.07) is 0.